The summed E-state index contributed by atoms with van der Waals surface area (Å²) >= 11 is 0. The molecule has 0 bridgehead atoms. The molecule has 1 aromatic heterocycles. The molecule has 23 heavy (non-hydrogen) atoms. The van der Waals surface area contributed by atoms with Gasteiger partial charge in [0.25, 0.3) is 0 Å². The molecule has 126 valence electrons. The SMILES string of the molecule is Cc1cc(C)c(S(=O)(=O)[O-])c(C)c1.Cc1ncc(C)n(N)c1=N. The Hall–Kier alpha value is -2.19. The van der Waals surface area contributed by atoms with Crippen LogP contribution >= 0.6 is 0 Å². The second-order valence-electron chi connectivity index (χ2n) is 5.39. The van der Waals surface area contributed by atoms with E-state index in [-0.39, 0.29) is 10.4 Å². The quantitative estimate of drug-likeness (QED) is 0.597. The second kappa shape index (κ2) is 6.93. The van der Waals surface area contributed by atoms with Crippen molar-refractivity contribution in [3.05, 3.63) is 51.9 Å². The maximum atomic E-state index is 10.8. The van der Waals surface area contributed by atoms with E-state index < -0.39 is 10.1 Å². The lowest BCUT2D eigenvalue weighted by Crippen LogP contribution is -2.31. The predicted octanol–water partition coefficient (Wildman–Crippen LogP) is 1.21. The van der Waals surface area contributed by atoms with Crippen molar-refractivity contribution in [2.75, 3.05) is 5.84 Å². The number of nitrogens with one attached hydrogen (secondary N) is 1. The van der Waals surface area contributed by atoms with Crippen LogP contribution in [-0.4, -0.2) is 22.6 Å². The van der Waals surface area contributed by atoms with Crippen LogP contribution in [0.3, 0.4) is 0 Å². The van der Waals surface area contributed by atoms with Gasteiger partial charge in [-0.2, -0.15) is 0 Å². The van der Waals surface area contributed by atoms with Crippen LogP contribution in [0.5, 0.6) is 0 Å². The van der Waals surface area contributed by atoms with Gasteiger partial charge in [0.2, 0.25) is 0 Å². The number of benzene rings is 1. The molecule has 0 spiro atoms. The lowest BCUT2D eigenvalue weighted by molar-refractivity contribution is 0.462. The molecule has 0 aliphatic rings. The molecule has 1 aromatic carbocycles. The first-order valence-corrected chi connectivity index (χ1v) is 8.24. The Bertz CT molecular complexity index is 863. The van der Waals surface area contributed by atoms with Gasteiger partial charge < -0.3 is 10.4 Å². The van der Waals surface area contributed by atoms with Crippen molar-refractivity contribution in [1.82, 2.24) is 9.66 Å². The summed E-state index contributed by atoms with van der Waals surface area (Å²) in [5.74, 6) is 5.47. The highest BCUT2D eigenvalue weighted by atomic mass is 32.2. The topological polar surface area (TPSA) is 125 Å². The minimum absolute atomic E-state index is 0.0851. The van der Waals surface area contributed by atoms with E-state index in [4.69, 9.17) is 11.3 Å². The Balaban J connectivity index is 0.000000238. The molecule has 2 rings (SSSR count). The third-order valence-corrected chi connectivity index (χ3v) is 4.41. The molecular weight excluding hydrogens is 316 g/mol. The lowest BCUT2D eigenvalue weighted by atomic mass is 10.1. The number of nitrogens with two attached hydrogens (primary N) is 1. The van der Waals surface area contributed by atoms with Crippen LogP contribution in [0.25, 0.3) is 0 Å². The lowest BCUT2D eigenvalue weighted by Gasteiger charge is -2.14. The average Bonchev–Trinajstić information content (AvgIpc) is 2.39. The van der Waals surface area contributed by atoms with E-state index in [1.54, 1.807) is 39.1 Å². The number of rotatable bonds is 1. The van der Waals surface area contributed by atoms with Crippen molar-refractivity contribution < 1.29 is 13.0 Å². The summed E-state index contributed by atoms with van der Waals surface area (Å²) in [6.45, 7) is 8.69. The maximum Gasteiger partial charge on any atom is 0.165 e. The highest BCUT2D eigenvalue weighted by Gasteiger charge is 2.09. The molecule has 0 amide bonds. The fraction of sp³-hybridized carbons (Fsp3) is 0.333. The summed E-state index contributed by atoms with van der Waals surface area (Å²) in [5.41, 5.74) is 3.70. The molecule has 0 saturated carbocycles. The highest BCUT2D eigenvalue weighted by Crippen LogP contribution is 2.20. The summed E-state index contributed by atoms with van der Waals surface area (Å²) in [5, 5.41) is 7.36. The number of hydrogen-bond acceptors (Lipinski definition) is 6. The minimum atomic E-state index is -4.33. The predicted molar refractivity (Wildman–Crippen MR) is 86.3 cm³/mol. The first-order valence-electron chi connectivity index (χ1n) is 6.83. The van der Waals surface area contributed by atoms with Gasteiger partial charge in [0.05, 0.1) is 16.3 Å². The molecule has 7 nitrogen and oxygen atoms in total. The zero-order valence-electron chi connectivity index (χ0n) is 13.8. The number of aryl methyl sites for hydroxylation is 5. The normalized spacial score (nSPS) is 10.9. The monoisotopic (exact) mass is 337 g/mol. The Labute approximate surface area is 136 Å². The van der Waals surface area contributed by atoms with E-state index in [1.807, 2.05) is 13.8 Å². The van der Waals surface area contributed by atoms with Crippen molar-refractivity contribution in [2.45, 2.75) is 39.5 Å². The smallest absolute Gasteiger partial charge is 0.165 e. The van der Waals surface area contributed by atoms with E-state index in [0.29, 0.717) is 16.8 Å². The number of hydrogen-bond donors (Lipinski definition) is 2. The van der Waals surface area contributed by atoms with Crippen molar-refractivity contribution in [2.24, 2.45) is 0 Å². The molecule has 0 aliphatic carbocycles. The van der Waals surface area contributed by atoms with Gasteiger partial charge in [-0.15, -0.1) is 0 Å². The van der Waals surface area contributed by atoms with E-state index in [0.717, 1.165) is 11.3 Å². The van der Waals surface area contributed by atoms with Gasteiger partial charge in [-0.05, 0) is 45.7 Å². The van der Waals surface area contributed by atoms with Crippen molar-refractivity contribution in [3.8, 4) is 0 Å². The van der Waals surface area contributed by atoms with Crippen LogP contribution < -0.4 is 11.3 Å². The van der Waals surface area contributed by atoms with Crippen LogP contribution in [0.2, 0.25) is 0 Å². The second-order valence-corrected chi connectivity index (χ2v) is 6.70. The molecule has 0 aliphatic heterocycles. The molecule has 0 saturated heterocycles. The molecule has 2 aromatic rings. The highest BCUT2D eigenvalue weighted by molar-refractivity contribution is 7.85. The standard InChI is InChI=1S/C9H12O3S.C6H10N4/c1-6-4-7(2)9(8(3)5-6)13(10,11)12;1-4-3-9-5(2)6(7)10(4)8/h4-5H,1-3H3,(H,10,11,12);3,7H,8H2,1-2H3/p-1. The molecule has 0 unspecified atom stereocenters. The Morgan fingerprint density at radius 3 is 2.00 bits per heavy atom. The molecule has 8 heteroatoms. The van der Waals surface area contributed by atoms with Crippen LogP contribution in [0, 0.1) is 40.0 Å². The van der Waals surface area contributed by atoms with E-state index in [9.17, 15) is 13.0 Å². The third-order valence-electron chi connectivity index (χ3n) is 3.26. The van der Waals surface area contributed by atoms with Crippen molar-refractivity contribution in [1.29, 1.82) is 5.41 Å². The molecule has 0 atom stereocenters. The van der Waals surface area contributed by atoms with Gasteiger partial charge in [0.15, 0.2) is 5.49 Å². The van der Waals surface area contributed by atoms with Crippen LogP contribution in [0.4, 0.5) is 0 Å². The third kappa shape index (κ3) is 4.64. The Morgan fingerprint density at radius 1 is 1.13 bits per heavy atom. The average molecular weight is 337 g/mol. The van der Waals surface area contributed by atoms with E-state index >= 15 is 0 Å². The fourth-order valence-corrected chi connectivity index (χ4v) is 3.13. The first kappa shape index (κ1) is 18.9. The largest absolute Gasteiger partial charge is 0.744 e. The Morgan fingerprint density at radius 2 is 1.61 bits per heavy atom. The first-order chi connectivity index (χ1) is 10.4. The molecular formula is C15H21N4O3S-. The van der Waals surface area contributed by atoms with Crippen LogP contribution in [-0.2, 0) is 10.1 Å². The Kier molecular flexibility index (Phi) is 5.68. The number of nitrogen functional groups attached to an aromatic ring is 1. The minimum Gasteiger partial charge on any atom is -0.744 e. The van der Waals surface area contributed by atoms with Gasteiger partial charge in [0.1, 0.15) is 10.1 Å². The van der Waals surface area contributed by atoms with Crippen molar-refractivity contribution >= 4 is 10.1 Å². The molecule has 0 radical (unpaired) electrons. The maximum absolute atomic E-state index is 10.8. The molecule has 1 heterocycles. The molecule has 3 N–H and O–H groups in total. The summed E-state index contributed by atoms with van der Waals surface area (Å²) < 4.78 is 33.8. The molecule has 0 fully saturated rings. The van der Waals surface area contributed by atoms with E-state index in [1.165, 1.54) is 4.68 Å². The van der Waals surface area contributed by atoms with Gasteiger partial charge in [-0.3, -0.25) is 10.4 Å². The summed E-state index contributed by atoms with van der Waals surface area (Å²) in [4.78, 5) is 3.87. The van der Waals surface area contributed by atoms with E-state index in [2.05, 4.69) is 4.98 Å². The van der Waals surface area contributed by atoms with Gasteiger partial charge in [0, 0.05) is 6.20 Å². The van der Waals surface area contributed by atoms with Crippen LogP contribution in [0.1, 0.15) is 28.1 Å². The fourth-order valence-electron chi connectivity index (χ4n) is 2.23. The summed E-state index contributed by atoms with van der Waals surface area (Å²) in [6.07, 6.45) is 1.65. The number of aromatic nitrogens is 2. The van der Waals surface area contributed by atoms with Gasteiger partial charge in [-0.1, -0.05) is 17.7 Å². The number of nitrogens with zero attached hydrogens (tertiary/aromatic N) is 2. The van der Waals surface area contributed by atoms with Gasteiger partial charge >= 0.3 is 0 Å². The zero-order valence-corrected chi connectivity index (χ0v) is 14.7. The van der Waals surface area contributed by atoms with Crippen LogP contribution in [0.15, 0.2) is 23.2 Å². The van der Waals surface area contributed by atoms with Crippen molar-refractivity contribution in [3.63, 3.8) is 0 Å². The summed E-state index contributed by atoms with van der Waals surface area (Å²) in [7, 11) is -4.33. The van der Waals surface area contributed by atoms with Gasteiger partial charge in [-0.25, -0.2) is 13.1 Å². The summed E-state index contributed by atoms with van der Waals surface area (Å²) in [6, 6.07) is 3.38. The zero-order chi connectivity index (χ0) is 17.9.